The lowest BCUT2D eigenvalue weighted by molar-refractivity contribution is -0.00435. The predicted octanol–water partition coefficient (Wildman–Crippen LogP) is 3.86. The highest BCUT2D eigenvalue weighted by Crippen LogP contribution is 2.30. The zero-order chi connectivity index (χ0) is 19.0. The van der Waals surface area contributed by atoms with E-state index in [-0.39, 0.29) is 18.7 Å². The second kappa shape index (κ2) is 6.86. The van der Waals surface area contributed by atoms with Gasteiger partial charge in [0, 0.05) is 33.2 Å². The molecule has 0 spiro atoms. The van der Waals surface area contributed by atoms with Crippen LogP contribution in [0.3, 0.4) is 0 Å². The van der Waals surface area contributed by atoms with Gasteiger partial charge in [0.25, 0.3) is 0 Å². The Labute approximate surface area is 162 Å². The first kappa shape index (κ1) is 17.8. The summed E-state index contributed by atoms with van der Waals surface area (Å²) in [5.41, 5.74) is -0.777. The molecular weight excluding hydrogens is 418 g/mol. The molecule has 27 heavy (non-hydrogen) atoms. The topological polar surface area (TPSA) is 55.9 Å². The highest BCUT2D eigenvalue weighted by Gasteiger charge is 2.34. The van der Waals surface area contributed by atoms with Crippen LogP contribution in [0.2, 0.25) is 0 Å². The normalized spacial score (nSPS) is 13.8. The number of fused-ring (bicyclic) bond motifs is 1. The first-order chi connectivity index (χ1) is 12.9. The van der Waals surface area contributed by atoms with Crippen LogP contribution in [0.1, 0.15) is 5.56 Å². The third kappa shape index (κ3) is 3.50. The Morgan fingerprint density at radius 3 is 2.67 bits per heavy atom. The van der Waals surface area contributed by atoms with Crippen LogP contribution in [0.25, 0.3) is 10.9 Å². The molecule has 4 rings (SSSR count). The Bertz CT molecular complexity index is 1100. The fourth-order valence-electron chi connectivity index (χ4n) is 3.26. The molecule has 0 aliphatic heterocycles. The van der Waals surface area contributed by atoms with Crippen molar-refractivity contribution in [3.63, 3.8) is 0 Å². The van der Waals surface area contributed by atoms with Crippen molar-refractivity contribution in [2.24, 2.45) is 0 Å². The van der Waals surface area contributed by atoms with Gasteiger partial charge in [0.15, 0.2) is 0 Å². The van der Waals surface area contributed by atoms with Crippen LogP contribution >= 0.6 is 15.9 Å². The number of rotatable bonds is 5. The van der Waals surface area contributed by atoms with Gasteiger partial charge in [-0.05, 0) is 30.3 Å². The molecule has 0 saturated heterocycles. The van der Waals surface area contributed by atoms with E-state index in [1.165, 1.54) is 23.4 Å². The lowest BCUT2D eigenvalue weighted by atomic mass is 9.92. The summed E-state index contributed by atoms with van der Waals surface area (Å²) in [4.78, 5) is 3.87. The maximum Gasteiger partial charge on any atom is 0.137 e. The minimum atomic E-state index is -1.66. The monoisotopic (exact) mass is 432 g/mol. The van der Waals surface area contributed by atoms with E-state index in [0.717, 1.165) is 27.5 Å². The SMILES string of the molecule is OC(Cn1cncn1)(Cn1ccc2cc(Br)ccc21)c1ccc(F)cc1F. The van der Waals surface area contributed by atoms with Gasteiger partial charge in [-0.15, -0.1) is 0 Å². The molecule has 1 atom stereocenters. The maximum absolute atomic E-state index is 14.5. The van der Waals surface area contributed by atoms with Crippen LogP contribution in [0.4, 0.5) is 8.78 Å². The molecule has 0 bridgehead atoms. The van der Waals surface area contributed by atoms with E-state index in [4.69, 9.17) is 0 Å². The number of hydrogen-bond acceptors (Lipinski definition) is 3. The summed E-state index contributed by atoms with van der Waals surface area (Å²) in [6, 6.07) is 10.9. The summed E-state index contributed by atoms with van der Waals surface area (Å²) in [7, 11) is 0. The van der Waals surface area contributed by atoms with Gasteiger partial charge in [0.05, 0.1) is 13.1 Å². The number of benzene rings is 2. The van der Waals surface area contributed by atoms with Crippen molar-refractivity contribution in [3.05, 3.63) is 83.0 Å². The van der Waals surface area contributed by atoms with Gasteiger partial charge >= 0.3 is 0 Å². The second-order valence-corrected chi connectivity index (χ2v) is 7.31. The zero-order valence-corrected chi connectivity index (χ0v) is 15.6. The summed E-state index contributed by atoms with van der Waals surface area (Å²) >= 11 is 3.43. The number of hydrogen-bond donors (Lipinski definition) is 1. The molecule has 0 aliphatic carbocycles. The van der Waals surface area contributed by atoms with Crippen LogP contribution < -0.4 is 0 Å². The third-order valence-corrected chi connectivity index (χ3v) is 4.98. The van der Waals surface area contributed by atoms with Gasteiger partial charge in [-0.3, -0.25) is 0 Å². The molecule has 4 aromatic rings. The van der Waals surface area contributed by atoms with Crippen molar-refractivity contribution in [2.45, 2.75) is 18.7 Å². The molecule has 0 radical (unpaired) electrons. The van der Waals surface area contributed by atoms with Crippen LogP contribution in [0.5, 0.6) is 0 Å². The Hall–Kier alpha value is -2.58. The van der Waals surface area contributed by atoms with Crippen LogP contribution in [0.15, 0.2) is 65.8 Å². The average Bonchev–Trinajstić information content (AvgIpc) is 3.24. The van der Waals surface area contributed by atoms with Crippen LogP contribution in [-0.4, -0.2) is 24.4 Å². The number of nitrogens with zero attached hydrogens (tertiary/aromatic N) is 4. The average molecular weight is 433 g/mol. The van der Waals surface area contributed by atoms with Gasteiger partial charge in [-0.25, -0.2) is 18.4 Å². The Morgan fingerprint density at radius 1 is 1.07 bits per heavy atom. The fourth-order valence-corrected chi connectivity index (χ4v) is 3.64. The molecule has 2 aromatic carbocycles. The molecule has 138 valence electrons. The number of aliphatic hydroxyl groups is 1. The Balaban J connectivity index is 1.79. The summed E-state index contributed by atoms with van der Waals surface area (Å²) in [5, 5.41) is 16.4. The smallest absolute Gasteiger partial charge is 0.137 e. The zero-order valence-electron chi connectivity index (χ0n) is 14.1. The summed E-state index contributed by atoms with van der Waals surface area (Å²) in [6.07, 6.45) is 4.60. The lowest BCUT2D eigenvalue weighted by Gasteiger charge is -2.30. The van der Waals surface area contributed by atoms with Crippen molar-refractivity contribution in [2.75, 3.05) is 0 Å². The van der Waals surface area contributed by atoms with Crippen molar-refractivity contribution >= 4 is 26.8 Å². The molecule has 0 fully saturated rings. The van der Waals surface area contributed by atoms with Crippen molar-refractivity contribution in [1.29, 1.82) is 0 Å². The van der Waals surface area contributed by atoms with E-state index in [1.807, 2.05) is 35.0 Å². The van der Waals surface area contributed by atoms with E-state index in [2.05, 4.69) is 26.0 Å². The van der Waals surface area contributed by atoms with Gasteiger partial charge < -0.3 is 9.67 Å². The Morgan fingerprint density at radius 2 is 1.93 bits per heavy atom. The molecule has 2 aromatic heterocycles. The van der Waals surface area contributed by atoms with Crippen LogP contribution in [-0.2, 0) is 18.7 Å². The van der Waals surface area contributed by atoms with E-state index >= 15 is 0 Å². The van der Waals surface area contributed by atoms with E-state index in [0.29, 0.717) is 0 Å². The molecule has 2 heterocycles. The summed E-state index contributed by atoms with van der Waals surface area (Å²) in [5.74, 6) is -1.51. The lowest BCUT2D eigenvalue weighted by Crippen LogP contribution is -2.37. The van der Waals surface area contributed by atoms with Crippen LogP contribution in [0, 0.1) is 11.6 Å². The van der Waals surface area contributed by atoms with Gasteiger partial charge in [0.2, 0.25) is 0 Å². The highest BCUT2D eigenvalue weighted by atomic mass is 79.9. The summed E-state index contributed by atoms with van der Waals surface area (Å²) in [6.45, 7) is 0.0201. The first-order valence-electron chi connectivity index (χ1n) is 8.19. The Kier molecular flexibility index (Phi) is 4.53. The molecule has 5 nitrogen and oxygen atoms in total. The standard InChI is InChI=1S/C19H15BrF2N4O/c20-14-1-4-18-13(7-14)5-6-25(18)9-19(27,10-26-12-23-11-24-26)16-3-2-15(21)8-17(16)22/h1-8,11-12,27H,9-10H2. The van der Waals surface area contributed by atoms with Gasteiger partial charge in [0.1, 0.15) is 29.9 Å². The maximum atomic E-state index is 14.5. The first-order valence-corrected chi connectivity index (χ1v) is 8.99. The second-order valence-electron chi connectivity index (χ2n) is 6.40. The van der Waals surface area contributed by atoms with E-state index in [1.54, 1.807) is 0 Å². The fraction of sp³-hybridized carbons (Fsp3) is 0.158. The molecule has 1 N–H and O–H groups in total. The third-order valence-electron chi connectivity index (χ3n) is 4.49. The molecular formula is C19H15BrF2N4O. The van der Waals surface area contributed by atoms with E-state index in [9.17, 15) is 13.9 Å². The molecule has 1 unspecified atom stereocenters. The van der Waals surface area contributed by atoms with Crippen molar-refractivity contribution < 1.29 is 13.9 Å². The number of halogens is 3. The quantitative estimate of drug-likeness (QED) is 0.520. The number of aromatic nitrogens is 4. The van der Waals surface area contributed by atoms with E-state index < -0.39 is 17.2 Å². The summed E-state index contributed by atoms with van der Waals surface area (Å²) < 4.78 is 32.1. The molecule has 0 aliphatic rings. The van der Waals surface area contributed by atoms with Gasteiger partial charge in [-0.1, -0.05) is 22.0 Å². The molecule has 0 amide bonds. The molecule has 8 heteroatoms. The highest BCUT2D eigenvalue weighted by molar-refractivity contribution is 9.10. The largest absolute Gasteiger partial charge is 0.381 e. The molecule has 0 saturated carbocycles. The van der Waals surface area contributed by atoms with Crippen molar-refractivity contribution in [3.8, 4) is 0 Å². The predicted molar refractivity (Wildman–Crippen MR) is 99.9 cm³/mol. The minimum Gasteiger partial charge on any atom is -0.381 e. The minimum absolute atomic E-state index is 0.00152. The van der Waals surface area contributed by atoms with Crippen molar-refractivity contribution in [1.82, 2.24) is 19.3 Å². The van der Waals surface area contributed by atoms with Gasteiger partial charge in [-0.2, -0.15) is 5.10 Å².